The Labute approximate surface area is 221 Å². The molecule has 0 unspecified atom stereocenters. The summed E-state index contributed by atoms with van der Waals surface area (Å²) in [6.45, 7) is 2.49. The van der Waals surface area contributed by atoms with E-state index in [0.717, 1.165) is 26.8 Å². The lowest BCUT2D eigenvalue weighted by Gasteiger charge is -2.23. The summed E-state index contributed by atoms with van der Waals surface area (Å²) in [7, 11) is 0. The van der Waals surface area contributed by atoms with Crippen LogP contribution in [0.2, 0.25) is 15.1 Å². The molecular formula is C26H18Cl3N3O2S. The zero-order chi connectivity index (χ0) is 24.7. The number of nitrogens with zero attached hydrogens (tertiary/aromatic N) is 2. The van der Waals surface area contributed by atoms with Crippen molar-refractivity contribution in [3.8, 4) is 11.3 Å². The van der Waals surface area contributed by atoms with E-state index in [1.54, 1.807) is 52.6 Å². The maximum absolute atomic E-state index is 13.6. The molecule has 176 valence electrons. The van der Waals surface area contributed by atoms with Crippen LogP contribution in [0.3, 0.4) is 0 Å². The van der Waals surface area contributed by atoms with Gasteiger partial charge in [0.25, 0.3) is 11.8 Å². The van der Waals surface area contributed by atoms with Gasteiger partial charge in [0, 0.05) is 29.1 Å². The van der Waals surface area contributed by atoms with E-state index in [1.807, 2.05) is 31.2 Å². The third-order valence-corrected chi connectivity index (χ3v) is 7.68. The molecule has 0 aliphatic carbocycles. The summed E-state index contributed by atoms with van der Waals surface area (Å²) < 4.78 is 0. The van der Waals surface area contributed by atoms with E-state index in [2.05, 4.69) is 5.32 Å². The van der Waals surface area contributed by atoms with Gasteiger partial charge >= 0.3 is 0 Å². The zero-order valence-electron chi connectivity index (χ0n) is 18.4. The number of carbonyl (C=O) groups excluding carboxylic acids is 2. The maximum atomic E-state index is 13.6. The number of hydrogen-bond donors (Lipinski definition) is 1. The fourth-order valence-electron chi connectivity index (χ4n) is 4.12. The third-order valence-electron chi connectivity index (χ3n) is 5.71. The Balaban J connectivity index is 1.43. The second-order valence-corrected chi connectivity index (χ2v) is 10.5. The van der Waals surface area contributed by atoms with Crippen LogP contribution >= 0.6 is 46.1 Å². The number of nitrogens with one attached hydrogen (secondary N) is 1. The quantitative estimate of drug-likeness (QED) is 0.291. The Morgan fingerprint density at radius 3 is 2.46 bits per heavy atom. The van der Waals surface area contributed by atoms with Crippen molar-refractivity contribution in [3.05, 3.63) is 96.7 Å². The predicted octanol–water partition coefficient (Wildman–Crippen LogP) is 7.53. The summed E-state index contributed by atoms with van der Waals surface area (Å²) in [5.74, 6) is -0.688. The number of aryl methyl sites for hydroxylation is 1. The predicted molar refractivity (Wildman–Crippen MR) is 144 cm³/mol. The zero-order valence-corrected chi connectivity index (χ0v) is 21.5. The molecule has 0 bridgehead atoms. The van der Waals surface area contributed by atoms with Crippen LogP contribution in [0.5, 0.6) is 0 Å². The Morgan fingerprint density at radius 2 is 1.71 bits per heavy atom. The smallest absolute Gasteiger partial charge is 0.259 e. The lowest BCUT2D eigenvalue weighted by molar-refractivity contribution is 0.0986. The Kier molecular flexibility index (Phi) is 6.55. The minimum absolute atomic E-state index is 0.171. The second-order valence-electron chi connectivity index (χ2n) is 7.97. The molecule has 1 aliphatic heterocycles. The first-order valence-electron chi connectivity index (χ1n) is 10.8. The molecule has 2 heterocycles. The Morgan fingerprint density at radius 1 is 0.971 bits per heavy atom. The van der Waals surface area contributed by atoms with Crippen molar-refractivity contribution >= 4 is 69.3 Å². The lowest BCUT2D eigenvalue weighted by Crippen LogP contribution is -2.32. The summed E-state index contributed by atoms with van der Waals surface area (Å²) >= 11 is 20.5. The van der Waals surface area contributed by atoms with E-state index in [0.29, 0.717) is 24.2 Å². The molecule has 2 amide bonds. The Hall–Kier alpha value is -2.90. The fraction of sp³-hybridized carbons (Fsp3) is 0.115. The van der Waals surface area contributed by atoms with Crippen LogP contribution in [0.25, 0.3) is 11.3 Å². The number of benzene rings is 3. The minimum atomic E-state index is -0.467. The molecule has 1 N–H and O–H groups in total. The monoisotopic (exact) mass is 541 g/mol. The van der Waals surface area contributed by atoms with Gasteiger partial charge in [-0.05, 0) is 43.3 Å². The average molecular weight is 543 g/mol. The highest BCUT2D eigenvalue weighted by Crippen LogP contribution is 2.39. The molecule has 3 aromatic carbocycles. The highest BCUT2D eigenvalue weighted by atomic mass is 35.5. The molecule has 1 aromatic heterocycles. The number of halogens is 3. The van der Waals surface area contributed by atoms with Gasteiger partial charge < -0.3 is 10.2 Å². The van der Waals surface area contributed by atoms with Gasteiger partial charge in [0.1, 0.15) is 0 Å². The summed E-state index contributed by atoms with van der Waals surface area (Å²) in [4.78, 5) is 33.9. The van der Waals surface area contributed by atoms with E-state index < -0.39 is 5.91 Å². The van der Waals surface area contributed by atoms with Crippen LogP contribution in [0.4, 0.5) is 11.4 Å². The SMILES string of the molecule is Cc1nc2c(s1)CCN(C(=O)c1ccc(NC(=O)c3c(Cl)cccc3Cl)cc1Cl)c1ccccc1-2. The van der Waals surface area contributed by atoms with E-state index in [1.165, 1.54) is 0 Å². The standard InChI is InChI=1S/C26H18Cl3N3O2S/c1-14-30-24-17-5-2-3-8-21(17)32(12-11-22(24)35-14)26(34)16-10-9-15(13-20(16)29)31-25(33)23-18(27)6-4-7-19(23)28/h2-10,13H,11-12H2,1H3,(H,31,33). The summed E-state index contributed by atoms with van der Waals surface area (Å²) in [5.41, 5.74) is 3.58. The summed E-state index contributed by atoms with van der Waals surface area (Å²) in [5, 5.41) is 4.45. The summed E-state index contributed by atoms with van der Waals surface area (Å²) in [6, 6.07) is 17.4. The number of fused-ring (bicyclic) bond motifs is 3. The van der Waals surface area contributed by atoms with E-state index in [4.69, 9.17) is 39.8 Å². The van der Waals surface area contributed by atoms with Crippen molar-refractivity contribution in [1.29, 1.82) is 0 Å². The van der Waals surface area contributed by atoms with Crippen LogP contribution in [0.1, 0.15) is 30.6 Å². The van der Waals surface area contributed by atoms with Crippen molar-refractivity contribution in [3.63, 3.8) is 0 Å². The molecule has 9 heteroatoms. The average Bonchev–Trinajstić information content (AvgIpc) is 3.12. The number of para-hydroxylation sites is 1. The van der Waals surface area contributed by atoms with Crippen molar-refractivity contribution in [2.45, 2.75) is 13.3 Å². The van der Waals surface area contributed by atoms with E-state index in [9.17, 15) is 9.59 Å². The molecule has 0 saturated carbocycles. The first-order valence-corrected chi connectivity index (χ1v) is 12.7. The van der Waals surface area contributed by atoms with Gasteiger partial charge in [-0.15, -0.1) is 11.3 Å². The molecular weight excluding hydrogens is 525 g/mol. The minimum Gasteiger partial charge on any atom is -0.322 e. The normalized spacial score (nSPS) is 12.5. The third kappa shape index (κ3) is 4.55. The lowest BCUT2D eigenvalue weighted by atomic mass is 10.1. The number of carbonyl (C=O) groups is 2. The summed E-state index contributed by atoms with van der Waals surface area (Å²) in [6.07, 6.45) is 0.700. The molecule has 0 radical (unpaired) electrons. The van der Waals surface area contributed by atoms with Crippen LogP contribution in [-0.4, -0.2) is 23.3 Å². The van der Waals surface area contributed by atoms with Crippen LogP contribution < -0.4 is 10.2 Å². The molecule has 0 spiro atoms. The van der Waals surface area contributed by atoms with Gasteiger partial charge in [-0.2, -0.15) is 0 Å². The molecule has 0 fully saturated rings. The topological polar surface area (TPSA) is 62.3 Å². The largest absolute Gasteiger partial charge is 0.322 e. The number of thiazole rings is 1. The number of rotatable bonds is 3. The van der Waals surface area contributed by atoms with Gasteiger partial charge in [0.15, 0.2) is 0 Å². The van der Waals surface area contributed by atoms with E-state index >= 15 is 0 Å². The van der Waals surface area contributed by atoms with Gasteiger partial charge in [-0.3, -0.25) is 9.59 Å². The fourth-order valence-corrected chi connectivity index (χ4v) is 5.89. The number of aromatic nitrogens is 1. The van der Waals surface area contributed by atoms with Crippen molar-refractivity contribution in [2.75, 3.05) is 16.8 Å². The molecule has 5 rings (SSSR count). The van der Waals surface area contributed by atoms with E-state index in [-0.39, 0.29) is 26.5 Å². The number of anilines is 2. The molecule has 0 atom stereocenters. The maximum Gasteiger partial charge on any atom is 0.259 e. The molecule has 1 aliphatic rings. The van der Waals surface area contributed by atoms with Crippen LogP contribution in [-0.2, 0) is 6.42 Å². The highest BCUT2D eigenvalue weighted by Gasteiger charge is 2.28. The highest BCUT2D eigenvalue weighted by molar-refractivity contribution is 7.12. The van der Waals surface area contributed by atoms with Crippen LogP contribution in [0.15, 0.2) is 60.7 Å². The molecule has 35 heavy (non-hydrogen) atoms. The molecule has 0 saturated heterocycles. The molecule has 4 aromatic rings. The first kappa shape index (κ1) is 23.8. The van der Waals surface area contributed by atoms with Crippen LogP contribution in [0, 0.1) is 6.92 Å². The van der Waals surface area contributed by atoms with Gasteiger partial charge in [0.05, 0.1) is 42.6 Å². The van der Waals surface area contributed by atoms with Crippen molar-refractivity contribution < 1.29 is 9.59 Å². The van der Waals surface area contributed by atoms with Gasteiger partial charge in [0.2, 0.25) is 0 Å². The molecule has 5 nitrogen and oxygen atoms in total. The second kappa shape index (κ2) is 9.63. The van der Waals surface area contributed by atoms with Crippen molar-refractivity contribution in [2.24, 2.45) is 0 Å². The van der Waals surface area contributed by atoms with Crippen molar-refractivity contribution in [1.82, 2.24) is 4.98 Å². The van der Waals surface area contributed by atoms with Gasteiger partial charge in [-0.25, -0.2) is 4.98 Å². The number of amides is 2. The first-order chi connectivity index (χ1) is 16.8. The number of hydrogen-bond acceptors (Lipinski definition) is 4. The van der Waals surface area contributed by atoms with Gasteiger partial charge in [-0.1, -0.05) is 59.1 Å². The Bertz CT molecular complexity index is 1460.